The number of rotatable bonds is 3. The Morgan fingerprint density at radius 2 is 2.50 bits per heavy atom. The lowest BCUT2D eigenvalue weighted by Gasteiger charge is -2.22. The zero-order chi connectivity index (χ0) is 11.5. The minimum absolute atomic E-state index is 0.327. The minimum atomic E-state index is -0.368. The Balaban J connectivity index is 2.04. The number of nitrogens with zero attached hydrogens (tertiary/aromatic N) is 2. The molecule has 5 heteroatoms. The van der Waals surface area contributed by atoms with Gasteiger partial charge < -0.3 is 10.2 Å². The first-order valence-electron chi connectivity index (χ1n) is 5.42. The molecule has 0 saturated carbocycles. The van der Waals surface area contributed by atoms with Crippen LogP contribution in [0.3, 0.4) is 0 Å². The number of likely N-dealkylation sites (N-methyl/N-ethyl adjacent to an activating group) is 1. The van der Waals surface area contributed by atoms with E-state index >= 15 is 0 Å². The van der Waals surface area contributed by atoms with Crippen LogP contribution in [0.25, 0.3) is 0 Å². The predicted molar refractivity (Wildman–Crippen MR) is 63.5 cm³/mol. The van der Waals surface area contributed by atoms with E-state index in [1.807, 2.05) is 11.9 Å². The van der Waals surface area contributed by atoms with Gasteiger partial charge in [0.25, 0.3) is 0 Å². The van der Waals surface area contributed by atoms with Crippen LogP contribution in [0, 0.1) is 5.82 Å². The Kier molecular flexibility index (Phi) is 3.61. The van der Waals surface area contributed by atoms with Crippen LogP contribution < -0.4 is 10.2 Å². The van der Waals surface area contributed by atoms with E-state index in [1.54, 1.807) is 0 Å². The summed E-state index contributed by atoms with van der Waals surface area (Å²) in [5.41, 5.74) is 0. The monoisotopic (exact) mass is 243 g/mol. The summed E-state index contributed by atoms with van der Waals surface area (Å²) in [5.74, 6) is -0.00824. The first-order valence-corrected chi connectivity index (χ1v) is 5.80. The fraction of sp³-hybridized carbons (Fsp3) is 0.545. The van der Waals surface area contributed by atoms with Crippen molar-refractivity contribution in [3.05, 3.63) is 23.1 Å². The molecule has 1 fully saturated rings. The van der Waals surface area contributed by atoms with Gasteiger partial charge in [-0.3, -0.25) is 0 Å². The summed E-state index contributed by atoms with van der Waals surface area (Å²) >= 11 is 5.66. The summed E-state index contributed by atoms with van der Waals surface area (Å²) < 4.78 is 13.6. The second-order valence-electron chi connectivity index (χ2n) is 4.13. The van der Waals surface area contributed by atoms with E-state index < -0.39 is 0 Å². The van der Waals surface area contributed by atoms with Gasteiger partial charge >= 0.3 is 0 Å². The van der Waals surface area contributed by atoms with Crippen molar-refractivity contribution in [2.24, 2.45) is 0 Å². The van der Waals surface area contributed by atoms with Gasteiger partial charge in [0.05, 0.1) is 5.02 Å². The van der Waals surface area contributed by atoms with Gasteiger partial charge in [-0.15, -0.1) is 0 Å². The average Bonchev–Trinajstić information content (AvgIpc) is 2.70. The van der Waals surface area contributed by atoms with E-state index in [0.29, 0.717) is 16.9 Å². The fourth-order valence-corrected chi connectivity index (χ4v) is 2.16. The van der Waals surface area contributed by atoms with Crippen molar-refractivity contribution in [1.29, 1.82) is 0 Å². The molecule has 0 spiro atoms. The number of pyridine rings is 1. The largest absolute Gasteiger partial charge is 0.356 e. The van der Waals surface area contributed by atoms with Gasteiger partial charge in [0.15, 0.2) is 11.6 Å². The molecule has 1 atom stereocenters. The lowest BCUT2D eigenvalue weighted by atomic mass is 10.2. The minimum Gasteiger partial charge on any atom is -0.356 e. The Hall–Kier alpha value is -0.870. The molecule has 0 bridgehead atoms. The maximum Gasteiger partial charge on any atom is 0.167 e. The Bertz CT molecular complexity index is 366. The quantitative estimate of drug-likeness (QED) is 0.881. The highest BCUT2D eigenvalue weighted by atomic mass is 35.5. The first kappa shape index (κ1) is 11.6. The molecule has 0 radical (unpaired) electrons. The number of hydrogen-bond acceptors (Lipinski definition) is 3. The van der Waals surface area contributed by atoms with Crippen LogP contribution in [0.15, 0.2) is 12.3 Å². The van der Waals surface area contributed by atoms with Gasteiger partial charge in [0, 0.05) is 25.8 Å². The van der Waals surface area contributed by atoms with Crippen molar-refractivity contribution in [2.75, 3.05) is 25.0 Å². The predicted octanol–water partition coefficient (Wildman–Crippen LogP) is 2.06. The van der Waals surface area contributed by atoms with Crippen LogP contribution in [0.5, 0.6) is 0 Å². The number of anilines is 1. The molecular formula is C11H15ClFN3. The van der Waals surface area contributed by atoms with Crippen molar-refractivity contribution in [3.8, 4) is 0 Å². The molecule has 1 N–H and O–H groups in total. The zero-order valence-corrected chi connectivity index (χ0v) is 9.97. The summed E-state index contributed by atoms with van der Waals surface area (Å²) in [7, 11) is 1.85. The van der Waals surface area contributed by atoms with Crippen LogP contribution in [-0.4, -0.2) is 31.2 Å². The Morgan fingerprint density at radius 1 is 1.69 bits per heavy atom. The molecule has 0 aliphatic carbocycles. The van der Waals surface area contributed by atoms with Gasteiger partial charge in [0.1, 0.15) is 0 Å². The fourth-order valence-electron chi connectivity index (χ4n) is 2.02. The SMILES string of the molecule is CN(CC1CCCN1)c1ncc(Cl)cc1F. The van der Waals surface area contributed by atoms with Gasteiger partial charge in [-0.1, -0.05) is 11.6 Å². The van der Waals surface area contributed by atoms with Crippen LogP contribution in [-0.2, 0) is 0 Å². The molecule has 1 aliphatic rings. The lowest BCUT2D eigenvalue weighted by molar-refractivity contribution is 0.576. The molecule has 1 aliphatic heterocycles. The van der Waals surface area contributed by atoms with E-state index in [4.69, 9.17) is 11.6 Å². The van der Waals surface area contributed by atoms with Gasteiger partial charge in [0.2, 0.25) is 0 Å². The molecule has 1 saturated heterocycles. The normalized spacial score (nSPS) is 20.1. The van der Waals surface area contributed by atoms with E-state index in [0.717, 1.165) is 19.5 Å². The standard InChI is InChI=1S/C11H15ClFN3/c1-16(7-9-3-2-4-14-9)11-10(13)5-8(12)6-15-11/h5-6,9,14H,2-4,7H2,1H3. The van der Waals surface area contributed by atoms with Gasteiger partial charge in [-0.05, 0) is 25.5 Å². The van der Waals surface area contributed by atoms with Crippen LogP contribution >= 0.6 is 11.6 Å². The van der Waals surface area contributed by atoms with E-state index in [1.165, 1.54) is 18.7 Å². The van der Waals surface area contributed by atoms with E-state index in [9.17, 15) is 4.39 Å². The van der Waals surface area contributed by atoms with Crippen LogP contribution in [0.1, 0.15) is 12.8 Å². The average molecular weight is 244 g/mol. The Morgan fingerprint density at radius 3 is 3.12 bits per heavy atom. The zero-order valence-electron chi connectivity index (χ0n) is 9.21. The smallest absolute Gasteiger partial charge is 0.167 e. The summed E-state index contributed by atoms with van der Waals surface area (Å²) in [5, 5.41) is 3.70. The lowest BCUT2D eigenvalue weighted by Crippen LogP contribution is -2.36. The molecule has 2 heterocycles. The topological polar surface area (TPSA) is 28.2 Å². The Labute approximate surface area is 99.6 Å². The van der Waals surface area contributed by atoms with Crippen LogP contribution in [0.4, 0.5) is 10.2 Å². The summed E-state index contributed by atoms with van der Waals surface area (Å²) in [6, 6.07) is 1.73. The molecule has 0 amide bonds. The summed E-state index contributed by atoms with van der Waals surface area (Å²) in [6.07, 6.45) is 3.80. The van der Waals surface area contributed by atoms with Crippen molar-refractivity contribution in [3.63, 3.8) is 0 Å². The highest BCUT2D eigenvalue weighted by molar-refractivity contribution is 6.30. The second kappa shape index (κ2) is 4.97. The molecule has 1 aromatic heterocycles. The molecule has 1 aromatic rings. The third kappa shape index (κ3) is 2.62. The molecule has 3 nitrogen and oxygen atoms in total. The highest BCUT2D eigenvalue weighted by Gasteiger charge is 2.18. The maximum absolute atomic E-state index is 13.6. The number of halogens is 2. The molecule has 2 rings (SSSR count). The molecule has 88 valence electrons. The summed E-state index contributed by atoms with van der Waals surface area (Å²) in [4.78, 5) is 5.84. The number of hydrogen-bond donors (Lipinski definition) is 1. The molecule has 0 aromatic carbocycles. The van der Waals surface area contributed by atoms with Crippen molar-refractivity contribution < 1.29 is 4.39 Å². The number of aromatic nitrogens is 1. The van der Waals surface area contributed by atoms with E-state index in [2.05, 4.69) is 10.3 Å². The van der Waals surface area contributed by atoms with E-state index in [-0.39, 0.29) is 5.82 Å². The first-order chi connectivity index (χ1) is 7.66. The molecule has 1 unspecified atom stereocenters. The molecule has 16 heavy (non-hydrogen) atoms. The number of nitrogens with one attached hydrogen (secondary N) is 1. The van der Waals surface area contributed by atoms with Crippen molar-refractivity contribution in [1.82, 2.24) is 10.3 Å². The molecular weight excluding hydrogens is 229 g/mol. The summed E-state index contributed by atoms with van der Waals surface area (Å²) in [6.45, 7) is 1.82. The third-order valence-electron chi connectivity index (χ3n) is 2.81. The second-order valence-corrected chi connectivity index (χ2v) is 4.57. The highest BCUT2D eigenvalue weighted by Crippen LogP contribution is 2.19. The third-order valence-corrected chi connectivity index (χ3v) is 3.01. The van der Waals surface area contributed by atoms with Gasteiger partial charge in [-0.25, -0.2) is 9.37 Å². The van der Waals surface area contributed by atoms with Gasteiger partial charge in [-0.2, -0.15) is 0 Å². The van der Waals surface area contributed by atoms with Crippen LogP contribution in [0.2, 0.25) is 5.02 Å². The maximum atomic E-state index is 13.6. The van der Waals surface area contributed by atoms with Crippen molar-refractivity contribution >= 4 is 17.4 Å². The van der Waals surface area contributed by atoms with Crippen molar-refractivity contribution in [2.45, 2.75) is 18.9 Å².